The van der Waals surface area contributed by atoms with E-state index in [0.29, 0.717) is 17.7 Å². The van der Waals surface area contributed by atoms with Crippen molar-refractivity contribution in [3.8, 4) is 0 Å². The molecule has 1 unspecified atom stereocenters. The molecule has 25 heavy (non-hydrogen) atoms. The average molecular weight is 342 g/mol. The standard InChI is InChI=1S/C21H27FN2O/c1-4-24(5-2)20(17-9-7-6-8-10-17)14-23-15-21(25)18-12-11-16(3)19(22)13-18/h6-13,20,23H,4-5,14-15H2,1-3H3. The Morgan fingerprint density at radius 1 is 1.12 bits per heavy atom. The number of aryl methyl sites for hydroxylation is 1. The number of likely N-dealkylation sites (N-methyl/N-ethyl adjacent to an activating group) is 1. The van der Waals surface area contributed by atoms with E-state index in [1.54, 1.807) is 19.1 Å². The van der Waals surface area contributed by atoms with E-state index in [0.717, 1.165) is 13.1 Å². The van der Waals surface area contributed by atoms with Crippen LogP contribution in [0.1, 0.15) is 41.4 Å². The van der Waals surface area contributed by atoms with Crippen molar-refractivity contribution in [2.24, 2.45) is 0 Å². The van der Waals surface area contributed by atoms with Gasteiger partial charge in [0.05, 0.1) is 6.54 Å². The molecule has 134 valence electrons. The van der Waals surface area contributed by atoms with Gasteiger partial charge >= 0.3 is 0 Å². The lowest BCUT2D eigenvalue weighted by molar-refractivity contribution is 0.0986. The number of carbonyl (C=O) groups is 1. The molecule has 0 aliphatic heterocycles. The number of halogens is 1. The maximum Gasteiger partial charge on any atom is 0.176 e. The van der Waals surface area contributed by atoms with Gasteiger partial charge in [0, 0.05) is 18.2 Å². The Morgan fingerprint density at radius 3 is 2.40 bits per heavy atom. The fraction of sp³-hybridized carbons (Fsp3) is 0.381. The third-order valence-corrected chi connectivity index (χ3v) is 4.55. The Morgan fingerprint density at radius 2 is 1.80 bits per heavy atom. The highest BCUT2D eigenvalue weighted by Crippen LogP contribution is 2.19. The Labute approximate surface area is 149 Å². The third kappa shape index (κ3) is 5.21. The fourth-order valence-corrected chi connectivity index (χ4v) is 2.99. The summed E-state index contributed by atoms with van der Waals surface area (Å²) in [5, 5.41) is 3.25. The number of rotatable bonds is 9. The van der Waals surface area contributed by atoms with Crippen LogP contribution in [-0.2, 0) is 0 Å². The van der Waals surface area contributed by atoms with Gasteiger partial charge in [-0.1, -0.05) is 56.3 Å². The smallest absolute Gasteiger partial charge is 0.176 e. The number of hydrogen-bond donors (Lipinski definition) is 1. The number of nitrogens with one attached hydrogen (secondary N) is 1. The van der Waals surface area contributed by atoms with E-state index in [-0.39, 0.29) is 24.2 Å². The highest BCUT2D eigenvalue weighted by molar-refractivity contribution is 5.97. The van der Waals surface area contributed by atoms with Gasteiger partial charge in [0.15, 0.2) is 5.78 Å². The van der Waals surface area contributed by atoms with Crippen LogP contribution in [0.15, 0.2) is 48.5 Å². The Hall–Kier alpha value is -2.04. The van der Waals surface area contributed by atoms with Crippen LogP contribution < -0.4 is 5.32 Å². The Kier molecular flexibility index (Phi) is 7.29. The molecule has 2 aromatic carbocycles. The molecule has 4 heteroatoms. The minimum absolute atomic E-state index is 0.0924. The van der Waals surface area contributed by atoms with Crippen molar-refractivity contribution < 1.29 is 9.18 Å². The monoisotopic (exact) mass is 342 g/mol. The number of carbonyl (C=O) groups excluding carboxylic acids is 1. The van der Waals surface area contributed by atoms with Gasteiger partial charge in [-0.25, -0.2) is 4.39 Å². The summed E-state index contributed by atoms with van der Waals surface area (Å²) in [4.78, 5) is 14.7. The first kappa shape index (κ1) is 19.3. The van der Waals surface area contributed by atoms with E-state index < -0.39 is 0 Å². The molecule has 0 aromatic heterocycles. The number of Topliss-reactive ketones (excluding diaryl/α,β-unsaturated/α-hetero) is 1. The van der Waals surface area contributed by atoms with Gasteiger partial charge in [-0.3, -0.25) is 9.69 Å². The zero-order chi connectivity index (χ0) is 18.2. The molecule has 3 nitrogen and oxygen atoms in total. The molecule has 0 bridgehead atoms. The third-order valence-electron chi connectivity index (χ3n) is 4.55. The fourth-order valence-electron chi connectivity index (χ4n) is 2.99. The van der Waals surface area contributed by atoms with Crippen LogP contribution in [0, 0.1) is 12.7 Å². The maximum atomic E-state index is 13.6. The molecular formula is C21H27FN2O. The van der Waals surface area contributed by atoms with Crippen LogP contribution in [0.3, 0.4) is 0 Å². The van der Waals surface area contributed by atoms with Crippen molar-refractivity contribution in [2.45, 2.75) is 26.8 Å². The van der Waals surface area contributed by atoms with E-state index in [4.69, 9.17) is 0 Å². The molecule has 0 aliphatic carbocycles. The van der Waals surface area contributed by atoms with Crippen molar-refractivity contribution in [3.63, 3.8) is 0 Å². The quantitative estimate of drug-likeness (QED) is 0.699. The number of hydrogen-bond acceptors (Lipinski definition) is 3. The summed E-state index contributed by atoms with van der Waals surface area (Å²) in [6.07, 6.45) is 0. The lowest BCUT2D eigenvalue weighted by atomic mass is 10.0. The minimum Gasteiger partial charge on any atom is -0.308 e. The summed E-state index contributed by atoms with van der Waals surface area (Å²) in [6.45, 7) is 8.72. The van der Waals surface area contributed by atoms with Crippen molar-refractivity contribution in [2.75, 3.05) is 26.2 Å². The molecule has 0 spiro atoms. The molecule has 0 saturated carbocycles. The summed E-state index contributed by atoms with van der Waals surface area (Å²) in [6, 6.07) is 15.2. The van der Waals surface area contributed by atoms with Crippen LogP contribution in [0.4, 0.5) is 4.39 Å². The van der Waals surface area contributed by atoms with E-state index in [1.807, 2.05) is 18.2 Å². The summed E-state index contributed by atoms with van der Waals surface area (Å²) < 4.78 is 13.6. The molecule has 1 N–H and O–H groups in total. The number of benzene rings is 2. The van der Waals surface area contributed by atoms with Gasteiger partial charge in [-0.2, -0.15) is 0 Å². The largest absolute Gasteiger partial charge is 0.308 e. The summed E-state index contributed by atoms with van der Waals surface area (Å²) in [5.41, 5.74) is 2.19. The van der Waals surface area contributed by atoms with Crippen molar-refractivity contribution in [1.29, 1.82) is 0 Å². The molecule has 0 amide bonds. The Bertz CT molecular complexity index is 684. The van der Waals surface area contributed by atoms with E-state index in [1.165, 1.54) is 11.6 Å². The maximum absolute atomic E-state index is 13.6. The topological polar surface area (TPSA) is 32.3 Å². The normalized spacial score (nSPS) is 12.4. The molecule has 0 saturated heterocycles. The van der Waals surface area contributed by atoms with Gasteiger partial charge in [-0.05, 0) is 37.2 Å². The first-order chi connectivity index (χ1) is 12.1. The first-order valence-corrected chi connectivity index (χ1v) is 8.85. The van der Waals surface area contributed by atoms with Crippen LogP contribution in [0.5, 0.6) is 0 Å². The van der Waals surface area contributed by atoms with Gasteiger partial charge < -0.3 is 5.32 Å². The Balaban J connectivity index is 2.00. The molecule has 2 rings (SSSR count). The second-order valence-electron chi connectivity index (χ2n) is 6.17. The highest BCUT2D eigenvalue weighted by atomic mass is 19.1. The van der Waals surface area contributed by atoms with E-state index in [2.05, 4.69) is 36.2 Å². The van der Waals surface area contributed by atoms with Crippen molar-refractivity contribution in [1.82, 2.24) is 10.2 Å². The van der Waals surface area contributed by atoms with Crippen LogP contribution in [-0.4, -0.2) is 36.9 Å². The number of ketones is 1. The zero-order valence-electron chi connectivity index (χ0n) is 15.3. The molecule has 2 aromatic rings. The predicted molar refractivity (Wildman–Crippen MR) is 100 cm³/mol. The SMILES string of the molecule is CCN(CC)C(CNCC(=O)c1ccc(C)c(F)c1)c1ccccc1. The molecule has 0 radical (unpaired) electrons. The predicted octanol–water partition coefficient (Wildman–Crippen LogP) is 3.99. The summed E-state index contributed by atoms with van der Waals surface area (Å²) >= 11 is 0. The lowest BCUT2D eigenvalue weighted by Crippen LogP contribution is -2.37. The average Bonchev–Trinajstić information content (AvgIpc) is 2.64. The van der Waals surface area contributed by atoms with Crippen LogP contribution >= 0.6 is 0 Å². The summed E-state index contributed by atoms with van der Waals surface area (Å²) in [5.74, 6) is -0.429. The minimum atomic E-state index is -0.337. The van der Waals surface area contributed by atoms with Crippen molar-refractivity contribution >= 4 is 5.78 Å². The van der Waals surface area contributed by atoms with Crippen molar-refractivity contribution in [3.05, 3.63) is 71.0 Å². The lowest BCUT2D eigenvalue weighted by Gasteiger charge is -2.30. The van der Waals surface area contributed by atoms with E-state index >= 15 is 0 Å². The van der Waals surface area contributed by atoms with Crippen LogP contribution in [0.25, 0.3) is 0 Å². The molecular weight excluding hydrogens is 315 g/mol. The van der Waals surface area contributed by atoms with Gasteiger partial charge in [0.25, 0.3) is 0 Å². The van der Waals surface area contributed by atoms with Gasteiger partial charge in [0.2, 0.25) is 0 Å². The van der Waals surface area contributed by atoms with E-state index in [9.17, 15) is 9.18 Å². The second kappa shape index (κ2) is 9.44. The first-order valence-electron chi connectivity index (χ1n) is 8.85. The number of nitrogens with zero attached hydrogens (tertiary/aromatic N) is 1. The molecule has 0 heterocycles. The van der Waals surface area contributed by atoms with Crippen LogP contribution in [0.2, 0.25) is 0 Å². The molecule has 0 fully saturated rings. The summed E-state index contributed by atoms with van der Waals surface area (Å²) in [7, 11) is 0. The van der Waals surface area contributed by atoms with Gasteiger partial charge in [-0.15, -0.1) is 0 Å². The molecule has 1 atom stereocenters. The second-order valence-corrected chi connectivity index (χ2v) is 6.17. The highest BCUT2D eigenvalue weighted by Gasteiger charge is 2.18. The van der Waals surface area contributed by atoms with Gasteiger partial charge in [0.1, 0.15) is 5.82 Å². The zero-order valence-corrected chi connectivity index (χ0v) is 15.3. The molecule has 0 aliphatic rings.